The lowest BCUT2D eigenvalue weighted by Crippen LogP contribution is -2.33. The Hall–Kier alpha value is -0.680. The molecule has 0 spiro atoms. The van der Waals surface area contributed by atoms with E-state index in [4.69, 9.17) is 21.4 Å². The molecular formula is C11H12ClIN2O5. The summed E-state index contributed by atoms with van der Waals surface area (Å²) >= 11 is 7.19. The van der Waals surface area contributed by atoms with Crippen molar-refractivity contribution in [3.8, 4) is 0 Å². The van der Waals surface area contributed by atoms with Gasteiger partial charge in [0.1, 0.15) is 15.9 Å². The van der Waals surface area contributed by atoms with Crippen molar-refractivity contribution in [2.24, 2.45) is 0 Å². The van der Waals surface area contributed by atoms with Crippen LogP contribution in [0.2, 0.25) is 0 Å². The molecule has 9 heteroatoms. The Morgan fingerprint density at radius 2 is 2.35 bits per heavy atom. The molecular weight excluding hydrogens is 402 g/mol. The fourth-order valence-electron chi connectivity index (χ4n) is 1.97. The Labute approximate surface area is 132 Å². The number of alkyl halides is 1. The monoisotopic (exact) mass is 414 g/mol. The molecule has 2 rings (SSSR count). The maximum absolute atomic E-state index is 11.8. The van der Waals surface area contributed by atoms with Crippen LogP contribution in [0.5, 0.6) is 0 Å². The minimum atomic E-state index is -1.28. The van der Waals surface area contributed by atoms with Crippen LogP contribution >= 0.6 is 34.2 Å². The van der Waals surface area contributed by atoms with Crippen LogP contribution in [-0.2, 0) is 4.74 Å². The number of ether oxygens (including phenoxy) is 1. The Bertz CT molecular complexity index is 638. The van der Waals surface area contributed by atoms with E-state index in [1.54, 1.807) is 22.6 Å². The maximum atomic E-state index is 11.8. The number of hydrogen-bond acceptors (Lipinski definition) is 5. The number of H-pyrrole nitrogens is 1. The molecule has 1 aromatic rings. The Balaban J connectivity index is 2.42. The van der Waals surface area contributed by atoms with E-state index < -0.39 is 27.2 Å². The lowest BCUT2D eigenvalue weighted by molar-refractivity contribution is -0.0495. The molecule has 3 N–H and O–H groups in total. The molecule has 0 aliphatic carbocycles. The van der Waals surface area contributed by atoms with E-state index >= 15 is 0 Å². The number of aromatic amines is 1. The van der Waals surface area contributed by atoms with E-state index in [9.17, 15) is 14.7 Å². The van der Waals surface area contributed by atoms with Gasteiger partial charge in [-0.05, 0) is 28.7 Å². The molecule has 1 aliphatic heterocycles. The van der Waals surface area contributed by atoms with Gasteiger partial charge in [0, 0.05) is 18.2 Å². The molecule has 0 aromatic carbocycles. The van der Waals surface area contributed by atoms with Gasteiger partial charge >= 0.3 is 5.69 Å². The van der Waals surface area contributed by atoms with Crippen molar-refractivity contribution >= 4 is 40.3 Å². The number of aliphatic hydroxyl groups is 2. The second-order valence-electron chi connectivity index (χ2n) is 4.33. The summed E-state index contributed by atoms with van der Waals surface area (Å²) in [6, 6.07) is 0. The van der Waals surface area contributed by atoms with Gasteiger partial charge in [-0.15, -0.1) is 0 Å². The first kappa shape index (κ1) is 15.7. The Kier molecular flexibility index (Phi) is 4.69. The van der Waals surface area contributed by atoms with Gasteiger partial charge in [0.2, 0.25) is 0 Å². The summed E-state index contributed by atoms with van der Waals surface area (Å²) in [6.45, 7) is -0.373. The van der Waals surface area contributed by atoms with Crippen molar-refractivity contribution in [2.45, 2.75) is 22.4 Å². The first-order valence-electron chi connectivity index (χ1n) is 5.69. The van der Waals surface area contributed by atoms with Gasteiger partial charge in [0.15, 0.2) is 0 Å². The summed E-state index contributed by atoms with van der Waals surface area (Å²) in [5.41, 5.74) is 0.120. The first-order chi connectivity index (χ1) is 9.39. The van der Waals surface area contributed by atoms with Crippen LogP contribution < -0.4 is 11.2 Å². The third-order valence-corrected chi connectivity index (χ3v) is 4.25. The van der Waals surface area contributed by atoms with Crippen molar-refractivity contribution in [2.75, 3.05) is 6.61 Å². The van der Waals surface area contributed by atoms with Crippen molar-refractivity contribution in [1.82, 2.24) is 9.55 Å². The highest BCUT2D eigenvalue weighted by atomic mass is 127. The van der Waals surface area contributed by atoms with Crippen LogP contribution in [0.15, 0.2) is 21.3 Å². The SMILES string of the molecule is O=c1[nH]c(=O)n([C@H]2C[C@@](O)(I)[C@@H](CO)O2)cc1C=CCl. The lowest BCUT2D eigenvalue weighted by atomic mass is 10.2. The Morgan fingerprint density at radius 3 is 2.90 bits per heavy atom. The minimum Gasteiger partial charge on any atom is -0.394 e. The van der Waals surface area contributed by atoms with E-state index in [0.29, 0.717) is 0 Å². The van der Waals surface area contributed by atoms with Crippen molar-refractivity contribution in [3.05, 3.63) is 38.1 Å². The van der Waals surface area contributed by atoms with Crippen LogP contribution in [0.4, 0.5) is 0 Å². The molecule has 0 bridgehead atoms. The van der Waals surface area contributed by atoms with Gasteiger partial charge in [-0.1, -0.05) is 11.6 Å². The zero-order chi connectivity index (χ0) is 14.9. The maximum Gasteiger partial charge on any atom is 0.330 e. The molecule has 0 amide bonds. The number of rotatable bonds is 3. The van der Waals surface area contributed by atoms with E-state index in [1.165, 1.54) is 12.3 Å². The van der Waals surface area contributed by atoms with Gasteiger partial charge in [0.25, 0.3) is 5.56 Å². The second kappa shape index (κ2) is 5.98. The first-order valence-corrected chi connectivity index (χ1v) is 7.20. The molecule has 7 nitrogen and oxygen atoms in total. The number of aromatic nitrogens is 2. The molecule has 1 aromatic heterocycles. The summed E-state index contributed by atoms with van der Waals surface area (Å²) in [5.74, 6) is 0. The standard InChI is InChI=1S/C11H12ClIN2O5/c12-2-1-6-4-15(10(18)14-9(6)17)8-3-11(13,19)7(5-16)20-8/h1-2,4,7-8,16,19H,3,5H2,(H,14,17,18)/t7-,8-,11+/m1/s1. The number of aliphatic hydroxyl groups excluding tert-OH is 1. The van der Waals surface area contributed by atoms with Gasteiger partial charge in [-0.25, -0.2) is 4.79 Å². The summed E-state index contributed by atoms with van der Waals surface area (Å²) in [7, 11) is 0. The van der Waals surface area contributed by atoms with Crippen LogP contribution in [0.1, 0.15) is 18.2 Å². The highest BCUT2D eigenvalue weighted by Crippen LogP contribution is 2.40. The van der Waals surface area contributed by atoms with Crippen molar-refractivity contribution in [3.63, 3.8) is 0 Å². The molecule has 0 radical (unpaired) electrons. The van der Waals surface area contributed by atoms with Gasteiger partial charge in [-0.3, -0.25) is 14.3 Å². The molecule has 1 fully saturated rings. The van der Waals surface area contributed by atoms with E-state index in [1.807, 2.05) is 0 Å². The molecule has 3 atom stereocenters. The largest absolute Gasteiger partial charge is 0.394 e. The quantitative estimate of drug-likeness (QED) is 0.482. The smallest absolute Gasteiger partial charge is 0.330 e. The molecule has 1 saturated heterocycles. The van der Waals surface area contributed by atoms with Crippen LogP contribution in [0, 0.1) is 0 Å². The molecule has 110 valence electrons. The second-order valence-corrected chi connectivity index (χ2v) is 6.45. The number of halogens is 2. The predicted molar refractivity (Wildman–Crippen MR) is 80.8 cm³/mol. The predicted octanol–water partition coefficient (Wildman–Crippen LogP) is 0.149. The highest BCUT2D eigenvalue weighted by Gasteiger charge is 2.46. The Morgan fingerprint density at radius 1 is 1.65 bits per heavy atom. The van der Waals surface area contributed by atoms with Crippen molar-refractivity contribution < 1.29 is 14.9 Å². The van der Waals surface area contributed by atoms with E-state index in [2.05, 4.69) is 4.98 Å². The average Bonchev–Trinajstić information content (AvgIpc) is 2.67. The fourth-order valence-corrected chi connectivity index (χ4v) is 2.82. The van der Waals surface area contributed by atoms with Crippen LogP contribution in [0.25, 0.3) is 6.08 Å². The highest BCUT2D eigenvalue weighted by molar-refractivity contribution is 14.1. The van der Waals surface area contributed by atoms with Crippen molar-refractivity contribution in [1.29, 1.82) is 0 Å². The third kappa shape index (κ3) is 2.98. The number of nitrogens with one attached hydrogen (secondary N) is 1. The summed E-state index contributed by atoms with van der Waals surface area (Å²) in [5, 5.41) is 19.2. The zero-order valence-corrected chi connectivity index (χ0v) is 13.0. The van der Waals surface area contributed by atoms with Crippen LogP contribution in [-0.4, -0.2) is 36.1 Å². The molecule has 0 unspecified atom stereocenters. The summed E-state index contributed by atoms with van der Waals surface area (Å²) in [4.78, 5) is 25.5. The normalized spacial score (nSPS) is 30.2. The van der Waals surface area contributed by atoms with E-state index in [0.717, 1.165) is 10.1 Å². The molecule has 0 saturated carbocycles. The molecule has 20 heavy (non-hydrogen) atoms. The number of hydrogen-bond donors (Lipinski definition) is 3. The van der Waals surface area contributed by atoms with Gasteiger partial charge < -0.3 is 14.9 Å². The van der Waals surface area contributed by atoms with Gasteiger partial charge in [0.05, 0.1) is 12.2 Å². The summed E-state index contributed by atoms with van der Waals surface area (Å²) in [6.07, 6.45) is 1.16. The minimum absolute atomic E-state index is 0.106. The number of nitrogens with zero attached hydrogens (tertiary/aromatic N) is 1. The zero-order valence-electron chi connectivity index (χ0n) is 10.1. The van der Waals surface area contributed by atoms with Crippen LogP contribution in [0.3, 0.4) is 0 Å². The fraction of sp³-hybridized carbons (Fsp3) is 0.455. The molecule has 1 aliphatic rings. The molecule has 2 heterocycles. The summed E-state index contributed by atoms with van der Waals surface area (Å²) < 4.78 is 5.32. The van der Waals surface area contributed by atoms with E-state index in [-0.39, 0.29) is 18.6 Å². The van der Waals surface area contributed by atoms with Gasteiger partial charge in [-0.2, -0.15) is 0 Å². The topological polar surface area (TPSA) is 105 Å². The lowest BCUT2D eigenvalue weighted by Gasteiger charge is -2.18. The third-order valence-electron chi connectivity index (χ3n) is 2.99. The average molecular weight is 415 g/mol.